The van der Waals surface area contributed by atoms with E-state index in [0.29, 0.717) is 6.42 Å². The summed E-state index contributed by atoms with van der Waals surface area (Å²) in [7, 11) is -10.1. The smallest absolute Gasteiger partial charge is 0.387 e. The fraction of sp³-hybridized carbons (Fsp3) is 0.800. The summed E-state index contributed by atoms with van der Waals surface area (Å²) in [4.78, 5) is 12.2. The lowest BCUT2D eigenvalue weighted by atomic mass is 9.93. The molecule has 17 heteroatoms. The first-order valence-electron chi connectivity index (χ1n) is 9.36. The number of rotatable bonds is 10. The minimum Gasteiger partial charge on any atom is -0.387 e. The van der Waals surface area contributed by atoms with Gasteiger partial charge in [-0.15, -0.1) is 0 Å². The quantitative estimate of drug-likeness (QED) is 0.113. The second-order valence-electron chi connectivity index (χ2n) is 7.25. The Hall–Kier alpha value is -1.25. The molecule has 3 aliphatic rings. The molecule has 0 aromatic heterocycles. The molecule has 15 nitrogen and oxygen atoms in total. The molecule has 2 fully saturated rings. The highest BCUT2D eigenvalue weighted by Gasteiger charge is 2.48. The summed E-state index contributed by atoms with van der Waals surface area (Å²) in [6.45, 7) is -1.28. The average molecular weight is 505 g/mol. The summed E-state index contributed by atoms with van der Waals surface area (Å²) in [5.74, 6) is -0.635. The molecule has 0 unspecified atom stereocenters. The minimum absolute atomic E-state index is 0.0401. The van der Waals surface area contributed by atoms with Crippen LogP contribution in [-0.2, 0) is 48.2 Å². The minimum atomic E-state index is -5.14. The summed E-state index contributed by atoms with van der Waals surface area (Å²) < 4.78 is 85.4. The molecule has 0 spiro atoms. The van der Waals surface area contributed by atoms with Crippen LogP contribution < -0.4 is 5.32 Å². The van der Waals surface area contributed by atoms with Crippen molar-refractivity contribution in [1.82, 2.24) is 5.32 Å². The number of nitrogens with one attached hydrogen (secondary N) is 1. The standard InChI is InChI=1S/C15H23NO14S2/c17-11-10(6-27-31(20,21)22)29-15(12(18)13(11)30-32(23,24)25)26-4-3-16-14(19)8-5-7-1-2-9(8)28-7/h1-2,7-13,15,17-18H,3-6H2,(H,16,19)(H,20,21,22)(H,23,24,25)/t7-,8-,9+,10+,11-,12+,13-,15+/m0/s1. The van der Waals surface area contributed by atoms with E-state index in [1.165, 1.54) is 0 Å². The highest BCUT2D eigenvalue weighted by atomic mass is 32.3. The van der Waals surface area contributed by atoms with E-state index in [-0.39, 0.29) is 37.2 Å². The van der Waals surface area contributed by atoms with Gasteiger partial charge in [-0.1, -0.05) is 12.2 Å². The van der Waals surface area contributed by atoms with Crippen molar-refractivity contribution in [2.24, 2.45) is 5.92 Å². The fourth-order valence-corrected chi connectivity index (χ4v) is 4.41. The van der Waals surface area contributed by atoms with Crippen molar-refractivity contribution in [2.75, 3.05) is 19.8 Å². The Labute approximate surface area is 183 Å². The average Bonchev–Trinajstić information content (AvgIpc) is 3.31. The Kier molecular flexibility index (Phi) is 7.88. The highest BCUT2D eigenvalue weighted by molar-refractivity contribution is 7.81. The molecular weight excluding hydrogens is 482 g/mol. The van der Waals surface area contributed by atoms with Crippen LogP contribution in [0.25, 0.3) is 0 Å². The third-order valence-electron chi connectivity index (χ3n) is 5.01. The van der Waals surface area contributed by atoms with E-state index in [4.69, 9.17) is 23.3 Å². The van der Waals surface area contributed by atoms with Gasteiger partial charge in [0.1, 0.15) is 24.4 Å². The van der Waals surface area contributed by atoms with Gasteiger partial charge in [0, 0.05) is 6.54 Å². The second kappa shape index (κ2) is 9.94. The lowest BCUT2D eigenvalue weighted by Gasteiger charge is -2.41. The molecule has 0 aliphatic carbocycles. The van der Waals surface area contributed by atoms with Crippen molar-refractivity contribution in [3.63, 3.8) is 0 Å². The van der Waals surface area contributed by atoms with Gasteiger partial charge in [-0.05, 0) is 6.42 Å². The fourth-order valence-electron chi connectivity index (χ4n) is 3.59. The molecule has 1 amide bonds. The monoisotopic (exact) mass is 505 g/mol. The lowest BCUT2D eigenvalue weighted by molar-refractivity contribution is -0.295. The Morgan fingerprint density at radius 3 is 2.34 bits per heavy atom. The molecule has 2 saturated heterocycles. The molecule has 3 aliphatic heterocycles. The van der Waals surface area contributed by atoms with Crippen LogP contribution in [0.1, 0.15) is 6.42 Å². The van der Waals surface area contributed by atoms with E-state index in [2.05, 4.69) is 13.7 Å². The molecule has 0 aromatic carbocycles. The second-order valence-corrected chi connectivity index (χ2v) is 9.39. The zero-order valence-corrected chi connectivity index (χ0v) is 17.9. The predicted molar refractivity (Wildman–Crippen MR) is 99.5 cm³/mol. The Morgan fingerprint density at radius 1 is 1.06 bits per heavy atom. The number of hydrogen-bond donors (Lipinski definition) is 5. The number of carbonyl (C=O) groups is 1. The zero-order valence-electron chi connectivity index (χ0n) is 16.3. The van der Waals surface area contributed by atoms with Crippen LogP contribution in [0.2, 0.25) is 0 Å². The van der Waals surface area contributed by atoms with Crippen molar-refractivity contribution in [2.45, 2.75) is 49.3 Å². The molecule has 3 rings (SSSR count). The van der Waals surface area contributed by atoms with Crippen LogP contribution in [0.15, 0.2) is 12.2 Å². The highest BCUT2D eigenvalue weighted by Crippen LogP contribution is 2.33. The van der Waals surface area contributed by atoms with E-state index in [1.54, 1.807) is 6.08 Å². The van der Waals surface area contributed by atoms with Gasteiger partial charge in [-0.2, -0.15) is 16.8 Å². The number of hydrogen-bond acceptors (Lipinski definition) is 12. The maximum atomic E-state index is 12.2. The molecular formula is C15H23NO14S2. The SMILES string of the molecule is O=C(NCCO[C@@H]1O[C@H](COS(=O)(=O)O)[C@H](O)[C@H](OS(=O)(=O)O)[C@H]1O)[C@H]1C[C@@H]2C=C[C@H]1O2. The van der Waals surface area contributed by atoms with Gasteiger partial charge in [0.15, 0.2) is 6.29 Å². The number of carbonyl (C=O) groups excluding carboxylic acids is 1. The van der Waals surface area contributed by atoms with E-state index >= 15 is 0 Å². The third-order valence-corrected chi connectivity index (χ3v) is 5.91. The normalized spacial score (nSPS) is 37.0. The molecule has 5 N–H and O–H groups in total. The van der Waals surface area contributed by atoms with Gasteiger partial charge >= 0.3 is 20.8 Å². The molecule has 184 valence electrons. The van der Waals surface area contributed by atoms with Crippen LogP contribution in [0, 0.1) is 5.92 Å². The first-order chi connectivity index (χ1) is 14.8. The van der Waals surface area contributed by atoms with E-state index in [0.717, 1.165) is 0 Å². The topological polar surface area (TPSA) is 224 Å². The van der Waals surface area contributed by atoms with Crippen molar-refractivity contribution >= 4 is 26.7 Å². The van der Waals surface area contributed by atoms with Crippen LogP contribution in [0.4, 0.5) is 0 Å². The van der Waals surface area contributed by atoms with Crippen LogP contribution in [0.5, 0.6) is 0 Å². The third kappa shape index (κ3) is 6.64. The number of fused-ring (bicyclic) bond motifs is 2. The number of aliphatic hydroxyl groups is 2. The number of ether oxygens (including phenoxy) is 3. The van der Waals surface area contributed by atoms with E-state index in [1.807, 2.05) is 6.08 Å². The summed E-state index contributed by atoms with van der Waals surface area (Å²) >= 11 is 0. The van der Waals surface area contributed by atoms with Crippen molar-refractivity contribution in [3.05, 3.63) is 12.2 Å². The molecule has 0 saturated carbocycles. The summed E-state index contributed by atoms with van der Waals surface area (Å²) in [5.41, 5.74) is 0. The molecule has 0 radical (unpaired) electrons. The molecule has 2 bridgehead atoms. The molecule has 8 atom stereocenters. The van der Waals surface area contributed by atoms with Crippen LogP contribution >= 0.6 is 0 Å². The van der Waals surface area contributed by atoms with Crippen LogP contribution in [-0.4, -0.2) is 105 Å². The van der Waals surface area contributed by atoms with Crippen molar-refractivity contribution < 1.29 is 63.5 Å². The predicted octanol–water partition coefficient (Wildman–Crippen LogP) is -3.08. The number of aliphatic hydroxyl groups excluding tert-OH is 2. The largest absolute Gasteiger partial charge is 0.397 e. The van der Waals surface area contributed by atoms with E-state index in [9.17, 15) is 31.8 Å². The van der Waals surface area contributed by atoms with Gasteiger partial charge in [-0.25, -0.2) is 8.37 Å². The number of amides is 1. The van der Waals surface area contributed by atoms with Crippen LogP contribution in [0.3, 0.4) is 0 Å². The van der Waals surface area contributed by atoms with Gasteiger partial charge in [-0.3, -0.25) is 13.9 Å². The first-order valence-corrected chi connectivity index (χ1v) is 12.1. The van der Waals surface area contributed by atoms with Crippen molar-refractivity contribution in [3.8, 4) is 0 Å². The maximum Gasteiger partial charge on any atom is 0.397 e. The summed E-state index contributed by atoms with van der Waals surface area (Å²) in [5, 5.41) is 23.0. The van der Waals surface area contributed by atoms with Gasteiger partial charge in [0.25, 0.3) is 0 Å². The summed E-state index contributed by atoms with van der Waals surface area (Å²) in [6.07, 6.45) is -5.47. The van der Waals surface area contributed by atoms with Gasteiger partial charge < -0.3 is 29.7 Å². The maximum absolute atomic E-state index is 12.2. The van der Waals surface area contributed by atoms with E-state index < -0.39 is 58.1 Å². The molecule has 32 heavy (non-hydrogen) atoms. The lowest BCUT2D eigenvalue weighted by Crippen LogP contribution is -2.61. The van der Waals surface area contributed by atoms with Crippen molar-refractivity contribution in [1.29, 1.82) is 0 Å². The van der Waals surface area contributed by atoms with Gasteiger partial charge in [0.05, 0.1) is 31.3 Å². The summed E-state index contributed by atoms with van der Waals surface area (Å²) in [6, 6.07) is 0. The van der Waals surface area contributed by atoms with Gasteiger partial charge in [0.2, 0.25) is 5.91 Å². The Balaban J connectivity index is 1.55. The zero-order chi connectivity index (χ0) is 23.7. The molecule has 3 heterocycles. The first kappa shape index (κ1) is 25.4. The Morgan fingerprint density at radius 2 is 1.78 bits per heavy atom. The Bertz CT molecular complexity index is 920. The molecule has 0 aromatic rings.